The lowest BCUT2D eigenvalue weighted by molar-refractivity contribution is 0.188. The Morgan fingerprint density at radius 2 is 2.26 bits per heavy atom. The zero-order valence-electron chi connectivity index (χ0n) is 10.8. The minimum absolute atomic E-state index is 0.272. The normalized spacial score (nSPS) is 10.7. The first-order valence-electron chi connectivity index (χ1n) is 5.84. The number of hydrogen-bond acceptors (Lipinski definition) is 3. The molecule has 0 aliphatic heterocycles. The van der Waals surface area contributed by atoms with Gasteiger partial charge >= 0.3 is 0 Å². The van der Waals surface area contributed by atoms with Crippen LogP contribution in [-0.4, -0.2) is 23.3 Å². The van der Waals surface area contributed by atoms with E-state index in [0.717, 1.165) is 11.3 Å². The molecule has 0 radical (unpaired) electrons. The fourth-order valence-electron chi connectivity index (χ4n) is 1.70. The molecule has 102 valence electrons. The summed E-state index contributed by atoms with van der Waals surface area (Å²) in [5, 5.41) is 3.20. The smallest absolute Gasteiger partial charge is 0.207 e. The number of rotatable bonds is 5. The van der Waals surface area contributed by atoms with Gasteiger partial charge in [-0.2, -0.15) is 0 Å². The van der Waals surface area contributed by atoms with Crippen molar-refractivity contribution in [1.82, 2.24) is 9.55 Å². The highest BCUT2D eigenvalue weighted by Gasteiger charge is 2.08. The van der Waals surface area contributed by atoms with Crippen LogP contribution in [-0.2, 0) is 11.3 Å². The van der Waals surface area contributed by atoms with Crippen LogP contribution in [0.2, 0.25) is 0 Å². The third-order valence-electron chi connectivity index (χ3n) is 2.77. The molecule has 0 atom stereocenters. The number of methoxy groups -OCH3 is 1. The topological polar surface area (TPSA) is 39.1 Å². The Balaban J connectivity index is 2.21. The third-order valence-corrected chi connectivity index (χ3v) is 3.37. The molecule has 1 N–H and O–H groups in total. The SMILES string of the molecule is COCCn1ccnc1Nc1cc(Br)c(F)cc1C. The number of halogens is 2. The van der Waals surface area contributed by atoms with Gasteiger partial charge in [-0.15, -0.1) is 0 Å². The van der Waals surface area contributed by atoms with Gasteiger partial charge in [-0.3, -0.25) is 0 Å². The van der Waals surface area contributed by atoms with Crippen LogP contribution in [0, 0.1) is 12.7 Å². The molecule has 2 rings (SSSR count). The summed E-state index contributed by atoms with van der Waals surface area (Å²) in [5.74, 6) is 0.435. The molecule has 6 heteroatoms. The average molecular weight is 328 g/mol. The third kappa shape index (κ3) is 3.33. The van der Waals surface area contributed by atoms with Crippen molar-refractivity contribution in [3.05, 3.63) is 40.4 Å². The number of imidazole rings is 1. The van der Waals surface area contributed by atoms with E-state index in [9.17, 15) is 4.39 Å². The summed E-state index contributed by atoms with van der Waals surface area (Å²) in [6, 6.07) is 3.19. The second kappa shape index (κ2) is 6.16. The van der Waals surface area contributed by atoms with Crippen LogP contribution >= 0.6 is 15.9 Å². The van der Waals surface area contributed by atoms with Crippen LogP contribution < -0.4 is 5.32 Å². The number of hydrogen-bond donors (Lipinski definition) is 1. The lowest BCUT2D eigenvalue weighted by Gasteiger charge is -2.12. The highest BCUT2D eigenvalue weighted by Crippen LogP contribution is 2.26. The molecule has 0 aliphatic rings. The van der Waals surface area contributed by atoms with Gasteiger partial charge < -0.3 is 14.6 Å². The zero-order valence-corrected chi connectivity index (χ0v) is 12.4. The van der Waals surface area contributed by atoms with E-state index >= 15 is 0 Å². The summed E-state index contributed by atoms with van der Waals surface area (Å²) in [4.78, 5) is 4.24. The second-order valence-electron chi connectivity index (χ2n) is 4.14. The molecule has 0 saturated heterocycles. The second-order valence-corrected chi connectivity index (χ2v) is 5.00. The Labute approximate surface area is 119 Å². The minimum atomic E-state index is -0.272. The summed E-state index contributed by atoms with van der Waals surface area (Å²) in [7, 11) is 1.66. The predicted molar refractivity (Wildman–Crippen MR) is 76.2 cm³/mol. The molecule has 0 aliphatic carbocycles. The van der Waals surface area contributed by atoms with E-state index in [1.807, 2.05) is 17.7 Å². The van der Waals surface area contributed by atoms with Crippen LogP contribution in [0.4, 0.5) is 16.0 Å². The van der Waals surface area contributed by atoms with E-state index in [4.69, 9.17) is 4.74 Å². The number of nitrogens with one attached hydrogen (secondary N) is 1. The zero-order chi connectivity index (χ0) is 13.8. The van der Waals surface area contributed by atoms with Crippen LogP contribution in [0.5, 0.6) is 0 Å². The summed E-state index contributed by atoms with van der Waals surface area (Å²) >= 11 is 3.18. The number of aryl methyl sites for hydroxylation is 1. The van der Waals surface area contributed by atoms with Gasteiger partial charge in [0.05, 0.1) is 11.1 Å². The summed E-state index contributed by atoms with van der Waals surface area (Å²) in [6.07, 6.45) is 3.58. The Morgan fingerprint density at radius 1 is 1.47 bits per heavy atom. The minimum Gasteiger partial charge on any atom is -0.383 e. The van der Waals surface area contributed by atoms with Crippen LogP contribution in [0.25, 0.3) is 0 Å². The lowest BCUT2D eigenvalue weighted by Crippen LogP contribution is -2.07. The quantitative estimate of drug-likeness (QED) is 0.913. The molecule has 0 bridgehead atoms. The van der Waals surface area contributed by atoms with Crippen molar-refractivity contribution in [2.24, 2.45) is 0 Å². The van der Waals surface area contributed by atoms with Crippen molar-refractivity contribution >= 4 is 27.6 Å². The molecule has 0 unspecified atom stereocenters. The van der Waals surface area contributed by atoms with Gasteiger partial charge in [0.2, 0.25) is 5.95 Å². The maximum atomic E-state index is 13.4. The number of aromatic nitrogens is 2. The molecule has 0 fully saturated rings. The molecular formula is C13H15BrFN3O. The van der Waals surface area contributed by atoms with E-state index in [0.29, 0.717) is 23.6 Å². The van der Waals surface area contributed by atoms with Crippen LogP contribution in [0.3, 0.4) is 0 Å². The van der Waals surface area contributed by atoms with Crippen molar-refractivity contribution in [2.45, 2.75) is 13.5 Å². The Bertz CT molecular complexity index is 571. The fraction of sp³-hybridized carbons (Fsp3) is 0.308. The number of benzene rings is 1. The van der Waals surface area contributed by atoms with E-state index < -0.39 is 0 Å². The van der Waals surface area contributed by atoms with Crippen molar-refractivity contribution in [3.8, 4) is 0 Å². The van der Waals surface area contributed by atoms with Crippen molar-refractivity contribution < 1.29 is 9.13 Å². The van der Waals surface area contributed by atoms with Gasteiger partial charge in [0.15, 0.2) is 0 Å². The highest BCUT2D eigenvalue weighted by atomic mass is 79.9. The average Bonchev–Trinajstić information content (AvgIpc) is 2.81. The van der Waals surface area contributed by atoms with E-state index in [-0.39, 0.29) is 5.82 Å². The molecule has 1 aromatic carbocycles. The Morgan fingerprint density at radius 3 is 3.00 bits per heavy atom. The summed E-state index contributed by atoms with van der Waals surface area (Å²) < 4.78 is 20.8. The number of nitrogens with zero attached hydrogens (tertiary/aromatic N) is 2. The van der Waals surface area contributed by atoms with Crippen molar-refractivity contribution in [1.29, 1.82) is 0 Å². The standard InChI is InChI=1S/C13H15BrFN3O/c1-9-7-11(15)10(14)8-12(9)17-13-16-3-4-18(13)5-6-19-2/h3-4,7-8H,5-6H2,1-2H3,(H,16,17). The van der Waals surface area contributed by atoms with E-state index in [1.165, 1.54) is 6.07 Å². The van der Waals surface area contributed by atoms with Gasteiger partial charge in [-0.1, -0.05) is 0 Å². The fourth-order valence-corrected chi connectivity index (χ4v) is 2.05. The Kier molecular flexibility index (Phi) is 4.55. The van der Waals surface area contributed by atoms with Crippen LogP contribution in [0.15, 0.2) is 29.0 Å². The maximum absolute atomic E-state index is 13.4. The van der Waals surface area contributed by atoms with Gasteiger partial charge in [0.25, 0.3) is 0 Å². The molecule has 2 aromatic rings. The maximum Gasteiger partial charge on any atom is 0.207 e. The highest BCUT2D eigenvalue weighted by molar-refractivity contribution is 9.10. The lowest BCUT2D eigenvalue weighted by atomic mass is 10.2. The summed E-state index contributed by atoms with van der Waals surface area (Å²) in [5.41, 5.74) is 1.64. The molecule has 0 saturated carbocycles. The van der Waals surface area contributed by atoms with Crippen molar-refractivity contribution in [2.75, 3.05) is 19.0 Å². The van der Waals surface area contributed by atoms with E-state index in [2.05, 4.69) is 26.2 Å². The van der Waals surface area contributed by atoms with Gasteiger partial charge in [0, 0.05) is 31.7 Å². The predicted octanol–water partition coefficient (Wildman–Crippen LogP) is 3.48. The molecule has 19 heavy (non-hydrogen) atoms. The Hall–Kier alpha value is -1.40. The number of anilines is 2. The molecular weight excluding hydrogens is 313 g/mol. The van der Waals surface area contributed by atoms with Gasteiger partial charge in [-0.25, -0.2) is 9.37 Å². The first kappa shape index (κ1) is 14.0. The first-order valence-corrected chi connectivity index (χ1v) is 6.64. The van der Waals surface area contributed by atoms with E-state index in [1.54, 1.807) is 19.4 Å². The monoisotopic (exact) mass is 327 g/mol. The molecule has 0 amide bonds. The van der Waals surface area contributed by atoms with Crippen LogP contribution in [0.1, 0.15) is 5.56 Å². The first-order chi connectivity index (χ1) is 9.11. The van der Waals surface area contributed by atoms with Gasteiger partial charge in [-0.05, 0) is 40.5 Å². The number of ether oxygens (including phenoxy) is 1. The summed E-state index contributed by atoms with van der Waals surface area (Å²) in [6.45, 7) is 3.16. The molecule has 4 nitrogen and oxygen atoms in total. The largest absolute Gasteiger partial charge is 0.383 e. The molecule has 0 spiro atoms. The van der Waals surface area contributed by atoms with Crippen molar-refractivity contribution in [3.63, 3.8) is 0 Å². The molecule has 1 heterocycles. The molecule has 1 aromatic heterocycles. The van der Waals surface area contributed by atoms with Gasteiger partial charge in [0.1, 0.15) is 5.82 Å².